The van der Waals surface area contributed by atoms with Gasteiger partial charge in [0, 0.05) is 35.9 Å². The first-order valence-electron chi connectivity index (χ1n) is 0.500. The molecule has 22 valence electrons. The zero-order chi connectivity index (χ0) is 2.12. The van der Waals surface area contributed by atoms with Crippen LogP contribution in [0.4, 0.5) is 0 Å². The van der Waals surface area contributed by atoms with Crippen LogP contribution >= 0.6 is 0 Å². The van der Waals surface area contributed by atoms with Gasteiger partial charge in [-0.15, -0.1) is 0 Å². The second-order valence-corrected chi connectivity index (χ2v) is 0.204. The minimum Gasteiger partial charge on any atom is 0 e. The molecule has 0 radical (unpaired) electrons. The summed E-state index contributed by atoms with van der Waals surface area (Å²) in [7, 11) is 0. The van der Waals surface area contributed by atoms with Gasteiger partial charge in [-0.1, -0.05) is 0 Å². The van der Waals surface area contributed by atoms with Crippen LogP contribution in [0, 0.1) is 0 Å². The molecule has 1 heterocycles. The maximum atomic E-state index is 3.50. The van der Waals surface area contributed by atoms with Crippen molar-refractivity contribution in [3.05, 3.63) is 0 Å². The summed E-state index contributed by atoms with van der Waals surface area (Å²) < 4.78 is 10.5. The Hall–Kier alpha value is 0.114. The molecule has 0 aromatic carbocycles. The molecule has 0 amide bonds. The van der Waals surface area contributed by atoms with Crippen LogP contribution in [0.3, 0.4) is 0 Å². The standard InChI is InChI=1S/O3.Ti/c1-2-3-1;. The van der Waals surface area contributed by atoms with E-state index in [4.69, 9.17) is 0 Å². The quantitative estimate of drug-likeness (QED) is 0.348. The SMILES string of the molecule is [Ti].o1oo1. The van der Waals surface area contributed by atoms with Crippen LogP contribution < -0.4 is 0 Å². The summed E-state index contributed by atoms with van der Waals surface area (Å²) in [6, 6.07) is 0. The molecular formula is O3Ti. The van der Waals surface area contributed by atoms with Gasteiger partial charge in [0.2, 0.25) is 0 Å². The van der Waals surface area contributed by atoms with Crippen LogP contribution in [-0.4, -0.2) is 0 Å². The van der Waals surface area contributed by atoms with Crippen molar-refractivity contribution in [2.75, 3.05) is 0 Å². The summed E-state index contributed by atoms with van der Waals surface area (Å²) in [6.07, 6.45) is 0. The van der Waals surface area contributed by atoms with Gasteiger partial charge in [0.15, 0.2) is 0 Å². The molecule has 0 bridgehead atoms. The van der Waals surface area contributed by atoms with Crippen LogP contribution in [0.5, 0.6) is 0 Å². The van der Waals surface area contributed by atoms with E-state index in [1.165, 1.54) is 0 Å². The fourth-order valence-electron chi connectivity index (χ4n) is 0. The molecule has 0 aliphatic heterocycles. The zero-order valence-electron chi connectivity index (χ0n) is 1.72. The summed E-state index contributed by atoms with van der Waals surface area (Å²) in [5.41, 5.74) is 0. The zero-order valence-corrected chi connectivity index (χ0v) is 3.29. The first-order valence-corrected chi connectivity index (χ1v) is 0.500. The third-order valence-corrected chi connectivity index (χ3v) is 0.0680. The summed E-state index contributed by atoms with van der Waals surface area (Å²) in [4.78, 5) is 0. The fourth-order valence-corrected chi connectivity index (χ4v) is 0. The van der Waals surface area contributed by atoms with Crippen molar-refractivity contribution in [3.63, 3.8) is 0 Å². The van der Waals surface area contributed by atoms with Crippen LogP contribution in [0.25, 0.3) is 0 Å². The molecule has 0 saturated carbocycles. The predicted molar refractivity (Wildman–Crippen MR) is 3.24 cm³/mol. The minimum absolute atomic E-state index is 0. The van der Waals surface area contributed by atoms with Gasteiger partial charge in [-0.3, -0.25) is 0 Å². The Morgan fingerprint density at radius 2 is 1.00 bits per heavy atom. The monoisotopic (exact) mass is 95.9 g/mol. The van der Waals surface area contributed by atoms with E-state index in [9.17, 15) is 0 Å². The molecular weight excluding hydrogens is 95.9 g/mol. The normalized spacial score (nSPS) is 6.00. The predicted octanol–water partition coefficient (Wildman–Crippen LogP) is 0.463. The second kappa shape index (κ2) is 1.44. The summed E-state index contributed by atoms with van der Waals surface area (Å²) in [5, 5.41) is 0. The average molecular weight is 95.9 g/mol. The van der Waals surface area contributed by atoms with Crippen LogP contribution in [-0.2, 0) is 21.7 Å². The summed E-state index contributed by atoms with van der Waals surface area (Å²) in [5.74, 6) is 0. The van der Waals surface area contributed by atoms with Gasteiger partial charge in [-0.2, -0.15) is 0 Å². The molecule has 1 aromatic rings. The van der Waals surface area contributed by atoms with Crippen molar-refractivity contribution in [1.82, 2.24) is 0 Å². The van der Waals surface area contributed by atoms with E-state index in [1.54, 1.807) is 0 Å². The van der Waals surface area contributed by atoms with Crippen molar-refractivity contribution in [2.24, 2.45) is 0 Å². The fraction of sp³-hybridized carbons (Fsp3) is 0. The molecule has 1 rings (SSSR count). The molecule has 4 heteroatoms. The van der Waals surface area contributed by atoms with Gasteiger partial charge in [-0.25, -0.2) is 0 Å². The van der Waals surface area contributed by atoms with E-state index >= 15 is 0 Å². The number of hydrogen-bond acceptors (Lipinski definition) is 3. The number of hydrogen-bond donors (Lipinski definition) is 0. The van der Waals surface area contributed by atoms with E-state index in [0.717, 1.165) is 0 Å². The molecule has 0 N–H and O–H groups in total. The van der Waals surface area contributed by atoms with Gasteiger partial charge >= 0.3 is 0 Å². The van der Waals surface area contributed by atoms with Crippen LogP contribution in [0.2, 0.25) is 0 Å². The molecule has 0 aliphatic rings. The van der Waals surface area contributed by atoms with Crippen molar-refractivity contribution >= 4 is 0 Å². The van der Waals surface area contributed by atoms with E-state index in [1.807, 2.05) is 0 Å². The molecule has 0 saturated heterocycles. The largest absolute Gasteiger partial charge is 0 e. The average Bonchev–Trinajstić information content (AvgIpc) is 1.46. The van der Waals surface area contributed by atoms with Gasteiger partial charge in [0.1, 0.15) is 0 Å². The maximum absolute atomic E-state index is 3.50. The third-order valence-electron chi connectivity index (χ3n) is 0.0680. The molecule has 0 spiro atoms. The Labute approximate surface area is 36.6 Å². The first-order chi connectivity index (χ1) is 1.50. The van der Waals surface area contributed by atoms with Gasteiger partial charge in [0.25, 0.3) is 0 Å². The molecule has 0 fully saturated rings. The molecule has 1 aromatic heterocycles. The maximum Gasteiger partial charge on any atom is 0 e. The van der Waals surface area contributed by atoms with E-state index in [2.05, 4.69) is 14.2 Å². The molecule has 0 atom stereocenters. The Balaban J connectivity index is 0.0000000900. The number of rotatable bonds is 0. The van der Waals surface area contributed by atoms with Gasteiger partial charge < -0.3 is 0 Å². The van der Waals surface area contributed by atoms with Crippen LogP contribution in [0.15, 0.2) is 14.2 Å². The topological polar surface area (TPSA) is 39.4 Å². The van der Waals surface area contributed by atoms with Gasteiger partial charge in [-0.05, 0) is 0 Å². The van der Waals surface area contributed by atoms with Crippen molar-refractivity contribution in [3.8, 4) is 0 Å². The third kappa shape index (κ3) is 2.11. The Bertz CT molecular complexity index is 31.4. The summed E-state index contributed by atoms with van der Waals surface area (Å²) in [6.45, 7) is 0. The Kier molecular flexibility index (Phi) is 1.48. The van der Waals surface area contributed by atoms with Crippen molar-refractivity contribution in [1.29, 1.82) is 0 Å². The Morgan fingerprint density at radius 1 is 0.750 bits per heavy atom. The van der Waals surface area contributed by atoms with E-state index in [0.29, 0.717) is 0 Å². The second-order valence-electron chi connectivity index (χ2n) is 0.204. The van der Waals surface area contributed by atoms with E-state index < -0.39 is 0 Å². The molecule has 0 aliphatic carbocycles. The Morgan fingerprint density at radius 3 is 1.00 bits per heavy atom. The molecule has 3 nitrogen and oxygen atoms in total. The molecule has 4 heavy (non-hydrogen) atoms. The van der Waals surface area contributed by atoms with Crippen LogP contribution in [0.1, 0.15) is 0 Å². The first kappa shape index (κ1) is 4.11. The van der Waals surface area contributed by atoms with Gasteiger partial charge in [0.05, 0.1) is 0 Å². The van der Waals surface area contributed by atoms with E-state index in [-0.39, 0.29) is 21.7 Å². The minimum atomic E-state index is 0. The summed E-state index contributed by atoms with van der Waals surface area (Å²) >= 11 is 0. The smallest absolute Gasteiger partial charge is 0 e. The van der Waals surface area contributed by atoms with Crippen molar-refractivity contribution in [2.45, 2.75) is 0 Å². The van der Waals surface area contributed by atoms with Crippen molar-refractivity contribution < 1.29 is 35.9 Å². The molecule has 0 unspecified atom stereocenters.